The van der Waals surface area contributed by atoms with Gasteiger partial charge in [-0.1, -0.05) is 17.7 Å². The third-order valence-corrected chi connectivity index (χ3v) is 5.42. The average molecular weight is 450 g/mol. The van der Waals surface area contributed by atoms with Crippen LogP contribution in [0.2, 0.25) is 5.02 Å². The number of aromatic carboxylic acids is 1. The monoisotopic (exact) mass is 449 g/mol. The first-order valence-electron chi connectivity index (χ1n) is 8.79. The quantitative estimate of drug-likeness (QED) is 0.513. The normalized spacial score (nSPS) is 16.2. The van der Waals surface area contributed by atoms with Crippen molar-refractivity contribution in [2.24, 2.45) is 0 Å². The highest BCUT2D eigenvalue weighted by molar-refractivity contribution is 8.18. The van der Waals surface area contributed by atoms with Crippen molar-refractivity contribution in [2.45, 2.75) is 19.9 Å². The summed E-state index contributed by atoms with van der Waals surface area (Å²) in [6, 6.07) is 6.56. The van der Waals surface area contributed by atoms with Crippen LogP contribution in [0.4, 0.5) is 4.79 Å². The number of hydrogen-bond acceptors (Lipinski definition) is 7. The Morgan fingerprint density at radius 3 is 2.67 bits per heavy atom. The van der Waals surface area contributed by atoms with Gasteiger partial charge in [-0.05, 0) is 49.9 Å². The van der Waals surface area contributed by atoms with E-state index in [2.05, 4.69) is 0 Å². The Labute approximate surface area is 180 Å². The van der Waals surface area contributed by atoms with Gasteiger partial charge in [0.2, 0.25) is 0 Å². The summed E-state index contributed by atoms with van der Waals surface area (Å²) in [5.41, 5.74) is 0.519. The van der Waals surface area contributed by atoms with E-state index in [1.807, 2.05) is 0 Å². The fraction of sp³-hybridized carbons (Fsp3) is 0.200. The molecule has 8 nitrogen and oxygen atoms in total. The first-order chi connectivity index (χ1) is 14.2. The van der Waals surface area contributed by atoms with Crippen molar-refractivity contribution in [1.82, 2.24) is 4.90 Å². The number of rotatable bonds is 6. The number of imide groups is 1. The van der Waals surface area contributed by atoms with Gasteiger partial charge in [-0.3, -0.25) is 14.5 Å². The number of carboxylic acids is 1. The summed E-state index contributed by atoms with van der Waals surface area (Å²) in [5.74, 6) is -1.71. The molecule has 10 heteroatoms. The third-order valence-electron chi connectivity index (χ3n) is 4.22. The second-order valence-corrected chi connectivity index (χ2v) is 7.58. The van der Waals surface area contributed by atoms with Crippen molar-refractivity contribution in [3.63, 3.8) is 0 Å². The first kappa shape index (κ1) is 21.7. The molecule has 1 fully saturated rings. The highest BCUT2D eigenvalue weighted by Crippen LogP contribution is 2.35. The highest BCUT2D eigenvalue weighted by Gasteiger charge is 2.41. The Kier molecular flexibility index (Phi) is 6.33. The fourth-order valence-corrected chi connectivity index (χ4v) is 3.89. The lowest BCUT2D eigenvalue weighted by atomic mass is 10.1. The molecule has 1 saturated heterocycles. The minimum atomic E-state index is -1.14. The predicted octanol–water partition coefficient (Wildman–Crippen LogP) is 4.29. The number of benzene rings is 1. The lowest BCUT2D eigenvalue weighted by molar-refractivity contribution is -0.150. The molecule has 1 aliphatic heterocycles. The molecule has 0 radical (unpaired) electrons. The Hall–Kier alpha value is -3.04. The van der Waals surface area contributed by atoms with Gasteiger partial charge in [-0.15, -0.1) is 0 Å². The molecule has 30 heavy (non-hydrogen) atoms. The summed E-state index contributed by atoms with van der Waals surface area (Å²) in [4.78, 5) is 48.7. The van der Waals surface area contributed by atoms with Gasteiger partial charge in [0.1, 0.15) is 17.6 Å². The zero-order valence-electron chi connectivity index (χ0n) is 15.9. The van der Waals surface area contributed by atoms with Gasteiger partial charge in [0, 0.05) is 11.6 Å². The summed E-state index contributed by atoms with van der Waals surface area (Å²) in [6.45, 7) is 3.20. The molecule has 3 rings (SSSR count). The maximum absolute atomic E-state index is 12.6. The van der Waals surface area contributed by atoms with Crippen LogP contribution in [0.15, 0.2) is 39.7 Å². The van der Waals surface area contributed by atoms with E-state index in [-0.39, 0.29) is 22.1 Å². The van der Waals surface area contributed by atoms with Crippen LogP contribution >= 0.6 is 23.4 Å². The number of ether oxygens (including phenoxy) is 1. The third kappa shape index (κ3) is 4.27. The lowest BCUT2D eigenvalue weighted by Gasteiger charge is -2.19. The average Bonchev–Trinajstić information content (AvgIpc) is 3.26. The van der Waals surface area contributed by atoms with Gasteiger partial charge < -0.3 is 14.3 Å². The molecule has 2 amide bonds. The number of halogens is 1. The SMILES string of the molecule is CCOC(=O)[C@@H](C)N1C(=O)S/C(=C\c2ccc(-c3ccc(C(=O)O)c(Cl)c3)o2)C1=O. The van der Waals surface area contributed by atoms with Gasteiger partial charge in [-0.25, -0.2) is 9.59 Å². The van der Waals surface area contributed by atoms with Crippen molar-refractivity contribution in [2.75, 3.05) is 6.61 Å². The molecule has 2 aromatic rings. The number of carboxylic acid groups (broad SMARTS) is 1. The number of esters is 1. The Morgan fingerprint density at radius 1 is 1.30 bits per heavy atom. The minimum Gasteiger partial charge on any atom is -0.478 e. The van der Waals surface area contributed by atoms with Crippen LogP contribution in [0.5, 0.6) is 0 Å². The molecule has 0 saturated carbocycles. The Bertz CT molecular complexity index is 1070. The summed E-state index contributed by atoms with van der Waals surface area (Å²) in [5, 5.41) is 8.54. The molecule has 2 heterocycles. The molecule has 1 atom stereocenters. The summed E-state index contributed by atoms with van der Waals surface area (Å²) < 4.78 is 10.6. The van der Waals surface area contributed by atoms with E-state index in [1.165, 1.54) is 25.1 Å². The maximum Gasteiger partial charge on any atom is 0.337 e. The van der Waals surface area contributed by atoms with Crippen LogP contribution in [-0.4, -0.2) is 45.7 Å². The van der Waals surface area contributed by atoms with Crippen LogP contribution in [0.1, 0.15) is 30.0 Å². The van der Waals surface area contributed by atoms with Crippen LogP contribution in [-0.2, 0) is 14.3 Å². The molecule has 0 spiro atoms. The number of carbonyl (C=O) groups excluding carboxylic acids is 3. The van der Waals surface area contributed by atoms with E-state index >= 15 is 0 Å². The fourth-order valence-electron chi connectivity index (χ4n) is 2.74. The molecule has 0 bridgehead atoms. The molecule has 0 aliphatic carbocycles. The molecule has 1 aliphatic rings. The van der Waals surface area contributed by atoms with Gasteiger partial charge in [0.15, 0.2) is 0 Å². The minimum absolute atomic E-state index is 0.0309. The zero-order chi connectivity index (χ0) is 22.0. The second-order valence-electron chi connectivity index (χ2n) is 6.18. The number of thioether (sulfide) groups is 1. The van der Waals surface area contributed by atoms with Crippen LogP contribution in [0.25, 0.3) is 17.4 Å². The van der Waals surface area contributed by atoms with E-state index in [0.29, 0.717) is 28.8 Å². The van der Waals surface area contributed by atoms with E-state index in [1.54, 1.807) is 25.1 Å². The number of furan rings is 1. The Morgan fingerprint density at radius 2 is 2.03 bits per heavy atom. The van der Waals surface area contributed by atoms with Gasteiger partial charge in [0.05, 0.1) is 22.1 Å². The standard InChI is InChI=1S/C20H16ClNO7S/c1-3-28-19(26)10(2)22-17(23)16(30-20(22)27)9-12-5-7-15(29-12)11-4-6-13(18(24)25)14(21)8-11/h4-10H,3H2,1-2H3,(H,24,25)/b16-9-/t10-/m1/s1. The highest BCUT2D eigenvalue weighted by atomic mass is 35.5. The Balaban J connectivity index is 1.82. The summed E-state index contributed by atoms with van der Waals surface area (Å²) >= 11 is 6.68. The number of carbonyl (C=O) groups is 4. The van der Waals surface area contributed by atoms with Gasteiger partial charge in [-0.2, -0.15) is 0 Å². The molecule has 156 valence electrons. The van der Waals surface area contributed by atoms with Gasteiger partial charge >= 0.3 is 11.9 Å². The van der Waals surface area contributed by atoms with Crippen LogP contribution in [0, 0.1) is 0 Å². The molecule has 1 aromatic heterocycles. The van der Waals surface area contributed by atoms with E-state index in [9.17, 15) is 19.2 Å². The second kappa shape index (κ2) is 8.76. The summed E-state index contributed by atoms with van der Waals surface area (Å²) in [7, 11) is 0. The van der Waals surface area contributed by atoms with Crippen molar-refractivity contribution in [3.8, 4) is 11.3 Å². The van der Waals surface area contributed by atoms with Crippen LogP contribution < -0.4 is 0 Å². The van der Waals surface area contributed by atoms with Crippen LogP contribution in [0.3, 0.4) is 0 Å². The molecule has 0 unspecified atom stereocenters. The molecular weight excluding hydrogens is 434 g/mol. The van der Waals surface area contributed by atoms with Crippen molar-refractivity contribution >= 4 is 52.5 Å². The molecular formula is C20H16ClNO7S. The van der Waals surface area contributed by atoms with Crippen molar-refractivity contribution < 1.29 is 33.4 Å². The van der Waals surface area contributed by atoms with E-state index in [0.717, 1.165) is 4.90 Å². The van der Waals surface area contributed by atoms with E-state index < -0.39 is 29.1 Å². The molecule has 1 aromatic carbocycles. The maximum atomic E-state index is 12.6. The number of nitrogens with zero attached hydrogens (tertiary/aromatic N) is 1. The number of amides is 2. The smallest absolute Gasteiger partial charge is 0.337 e. The van der Waals surface area contributed by atoms with Gasteiger partial charge in [0.25, 0.3) is 11.1 Å². The van der Waals surface area contributed by atoms with Crippen molar-refractivity contribution in [3.05, 3.63) is 51.6 Å². The van der Waals surface area contributed by atoms with Crippen molar-refractivity contribution in [1.29, 1.82) is 0 Å². The zero-order valence-corrected chi connectivity index (χ0v) is 17.5. The molecule has 1 N–H and O–H groups in total. The summed E-state index contributed by atoms with van der Waals surface area (Å²) in [6.07, 6.45) is 1.40. The predicted molar refractivity (Wildman–Crippen MR) is 110 cm³/mol. The largest absolute Gasteiger partial charge is 0.478 e. The first-order valence-corrected chi connectivity index (χ1v) is 9.99. The lowest BCUT2D eigenvalue weighted by Crippen LogP contribution is -2.42. The van der Waals surface area contributed by atoms with E-state index in [4.69, 9.17) is 25.9 Å². The number of hydrogen-bond donors (Lipinski definition) is 1. The topological polar surface area (TPSA) is 114 Å².